The Hall–Kier alpha value is -3.02. The molecule has 0 saturated carbocycles. The highest BCUT2D eigenvalue weighted by atomic mass is 35.5. The molecule has 7 heteroatoms. The highest BCUT2D eigenvalue weighted by Crippen LogP contribution is 2.49. The topological polar surface area (TPSA) is 52.8 Å². The molecule has 3 aromatic carbocycles. The molecule has 0 aromatic heterocycles. The summed E-state index contributed by atoms with van der Waals surface area (Å²) in [7, 11) is 0. The maximum atomic E-state index is 12.8. The summed E-state index contributed by atoms with van der Waals surface area (Å²) in [6.07, 6.45) is 10.7. The van der Waals surface area contributed by atoms with E-state index in [1.165, 1.54) is 33.3 Å². The van der Waals surface area contributed by atoms with Crippen LogP contribution in [0, 0.1) is 0 Å². The lowest BCUT2D eigenvalue weighted by Gasteiger charge is -2.35. The van der Waals surface area contributed by atoms with Crippen LogP contribution in [0.25, 0.3) is 5.57 Å². The summed E-state index contributed by atoms with van der Waals surface area (Å²) in [6.45, 7) is 4.29. The third-order valence-corrected chi connectivity index (χ3v) is 10.4. The van der Waals surface area contributed by atoms with E-state index in [2.05, 4.69) is 21.6 Å². The van der Waals surface area contributed by atoms with E-state index in [0.717, 1.165) is 118 Å². The van der Waals surface area contributed by atoms with Crippen molar-refractivity contribution in [3.8, 4) is 11.5 Å². The molecule has 5 heterocycles. The van der Waals surface area contributed by atoms with Crippen molar-refractivity contribution >= 4 is 40.4 Å². The normalized spacial score (nSPS) is 18.8. The molecular formula is C34H33Cl2N2O3+. The first-order valence-electron chi connectivity index (χ1n) is 15.2. The van der Waals surface area contributed by atoms with E-state index >= 15 is 0 Å². The monoisotopic (exact) mass is 587 g/mol. The van der Waals surface area contributed by atoms with Crippen molar-refractivity contribution in [2.75, 3.05) is 31.1 Å². The molecule has 0 bridgehead atoms. The number of carboxylic acids is 1. The number of anilines is 1. The molecule has 0 saturated heterocycles. The molecule has 5 aliphatic heterocycles. The van der Waals surface area contributed by atoms with Crippen molar-refractivity contribution in [1.29, 1.82) is 0 Å². The van der Waals surface area contributed by atoms with Crippen LogP contribution >= 0.6 is 23.2 Å². The predicted octanol–water partition coefficient (Wildman–Crippen LogP) is 5.91. The zero-order valence-electron chi connectivity index (χ0n) is 23.1. The zero-order chi connectivity index (χ0) is 27.8. The first-order valence-corrected chi connectivity index (χ1v) is 15.9. The number of nitrogens with zero attached hydrogens (tertiary/aromatic N) is 2. The fourth-order valence-corrected chi connectivity index (χ4v) is 8.59. The zero-order valence-corrected chi connectivity index (χ0v) is 24.6. The standard InChI is InChI=1S/C34H32Cl2N2O3/c35-25-11-12-26(36)29(34(39)40)28(25)27-23-17-19-7-5-15-37-13-3-1-9-21(30(19)37)32(23)41-33-22-10-2-4-14-38-16-6-8-20(31(22)38)18-24(27)33/h11-12,17-18H,1-10,13-16H2/p+1. The molecule has 0 spiro atoms. The summed E-state index contributed by atoms with van der Waals surface area (Å²) in [5, 5.41) is 13.3. The number of carbonyl (C=O) groups is 1. The third-order valence-electron chi connectivity index (χ3n) is 9.76. The minimum atomic E-state index is -1.07. The minimum Gasteiger partial charge on any atom is -0.478 e. The van der Waals surface area contributed by atoms with Crippen LogP contribution in [0.2, 0.25) is 10.0 Å². The highest BCUT2D eigenvalue weighted by molar-refractivity contribution is 6.37. The Bertz CT molecular complexity index is 1800. The van der Waals surface area contributed by atoms with Crippen molar-refractivity contribution in [1.82, 2.24) is 4.58 Å². The van der Waals surface area contributed by atoms with Gasteiger partial charge in [0, 0.05) is 69.7 Å². The number of carboxylic acid groups (broad SMARTS) is 1. The summed E-state index contributed by atoms with van der Waals surface area (Å²) in [4.78, 5) is 15.3. The molecule has 0 fully saturated rings. The van der Waals surface area contributed by atoms with E-state index < -0.39 is 5.97 Å². The van der Waals surface area contributed by atoms with Gasteiger partial charge in [-0.25, -0.2) is 9.37 Å². The van der Waals surface area contributed by atoms with Gasteiger partial charge in [0.15, 0.2) is 0 Å². The van der Waals surface area contributed by atoms with E-state index in [0.29, 0.717) is 10.6 Å². The van der Waals surface area contributed by atoms with Crippen molar-refractivity contribution in [2.24, 2.45) is 0 Å². The Labute approximate surface area is 249 Å². The molecule has 1 N–H and O–H groups in total. The SMILES string of the molecule is O=C(O)c1c(Cl)ccc(Cl)c1C1=c2cc3c4c(c2Oc2c1cc1c5c2CCCCN5CCC1)CCCC[N+]=4CCC3. The molecule has 210 valence electrons. The molecule has 0 radical (unpaired) electrons. The molecule has 3 aromatic rings. The number of halogens is 2. The van der Waals surface area contributed by atoms with Gasteiger partial charge in [0.1, 0.15) is 24.6 Å². The van der Waals surface area contributed by atoms with Crippen LogP contribution in [-0.4, -0.2) is 37.3 Å². The average Bonchev–Trinajstić information content (AvgIpc) is 3.32. The lowest BCUT2D eigenvalue weighted by atomic mass is 9.83. The summed E-state index contributed by atoms with van der Waals surface area (Å²) in [6, 6.07) is 7.88. The van der Waals surface area contributed by atoms with E-state index in [4.69, 9.17) is 27.9 Å². The number of rotatable bonds is 2. The fraction of sp³-hybridized carbons (Fsp3) is 0.412. The molecule has 0 amide bonds. The molecule has 41 heavy (non-hydrogen) atoms. The average molecular weight is 589 g/mol. The Morgan fingerprint density at radius 1 is 0.829 bits per heavy atom. The van der Waals surface area contributed by atoms with Gasteiger partial charge >= 0.3 is 5.97 Å². The molecular weight excluding hydrogens is 555 g/mol. The molecule has 0 aliphatic carbocycles. The summed E-state index contributed by atoms with van der Waals surface area (Å²) in [5.74, 6) is 0.699. The molecule has 8 rings (SSSR count). The van der Waals surface area contributed by atoms with E-state index in [9.17, 15) is 9.90 Å². The van der Waals surface area contributed by atoms with Crippen LogP contribution < -0.4 is 24.8 Å². The number of hydrogen-bond acceptors (Lipinski definition) is 3. The summed E-state index contributed by atoms with van der Waals surface area (Å²) < 4.78 is 9.71. The Balaban J connectivity index is 1.57. The predicted molar refractivity (Wildman–Crippen MR) is 163 cm³/mol. The molecule has 5 nitrogen and oxygen atoms in total. The largest absolute Gasteiger partial charge is 0.478 e. The van der Waals surface area contributed by atoms with Crippen LogP contribution in [0.15, 0.2) is 24.3 Å². The van der Waals surface area contributed by atoms with Crippen LogP contribution in [0.3, 0.4) is 0 Å². The Kier molecular flexibility index (Phi) is 6.12. The smallest absolute Gasteiger partial charge is 0.337 e. The first-order chi connectivity index (χ1) is 20.0. The van der Waals surface area contributed by atoms with Crippen LogP contribution in [0.1, 0.15) is 82.3 Å². The van der Waals surface area contributed by atoms with E-state index in [-0.39, 0.29) is 10.6 Å². The number of fused-ring (bicyclic) bond motifs is 4. The summed E-state index contributed by atoms with van der Waals surface area (Å²) >= 11 is 13.6. The summed E-state index contributed by atoms with van der Waals surface area (Å²) in [5.41, 5.74) is 8.90. The van der Waals surface area contributed by atoms with Gasteiger partial charge < -0.3 is 14.7 Å². The second kappa shape index (κ2) is 9.78. The van der Waals surface area contributed by atoms with Gasteiger partial charge in [-0.05, 0) is 81.2 Å². The van der Waals surface area contributed by atoms with Gasteiger partial charge in [-0.2, -0.15) is 0 Å². The Morgan fingerprint density at radius 3 is 2.46 bits per heavy atom. The number of benzene rings is 3. The fourth-order valence-electron chi connectivity index (χ4n) is 8.10. The van der Waals surface area contributed by atoms with Crippen molar-refractivity contribution in [2.45, 2.75) is 64.2 Å². The number of hydrogen-bond donors (Lipinski definition) is 1. The van der Waals surface area contributed by atoms with Crippen molar-refractivity contribution < 1.29 is 14.6 Å². The first kappa shape index (κ1) is 25.7. The van der Waals surface area contributed by atoms with Crippen LogP contribution in [0.5, 0.6) is 11.5 Å². The highest BCUT2D eigenvalue weighted by Gasteiger charge is 2.36. The van der Waals surface area contributed by atoms with Gasteiger partial charge in [0.2, 0.25) is 5.36 Å². The second-order valence-electron chi connectivity index (χ2n) is 12.1. The molecule has 0 atom stereocenters. The maximum Gasteiger partial charge on any atom is 0.337 e. The third kappa shape index (κ3) is 3.88. The maximum absolute atomic E-state index is 12.8. The van der Waals surface area contributed by atoms with Crippen LogP contribution in [-0.2, 0) is 25.7 Å². The number of aromatic carboxylic acids is 1. The van der Waals surface area contributed by atoms with Gasteiger partial charge in [0.05, 0.1) is 16.1 Å². The van der Waals surface area contributed by atoms with Gasteiger partial charge in [-0.3, -0.25) is 0 Å². The van der Waals surface area contributed by atoms with Crippen molar-refractivity contribution in [3.05, 3.63) is 83.8 Å². The minimum absolute atomic E-state index is 0.0587. The van der Waals surface area contributed by atoms with Crippen LogP contribution in [0.4, 0.5) is 5.69 Å². The molecule has 5 aliphatic rings. The lowest BCUT2D eigenvalue weighted by molar-refractivity contribution is 0.0696. The van der Waals surface area contributed by atoms with Gasteiger partial charge in [-0.1, -0.05) is 23.2 Å². The van der Waals surface area contributed by atoms with E-state index in [1.807, 2.05) is 0 Å². The molecule has 0 unspecified atom stereocenters. The van der Waals surface area contributed by atoms with Crippen molar-refractivity contribution in [3.63, 3.8) is 0 Å². The number of aryl methyl sites for hydroxylation is 2. The quantitative estimate of drug-likeness (QED) is 0.296. The van der Waals surface area contributed by atoms with Gasteiger partial charge in [-0.15, -0.1) is 0 Å². The number of ether oxygens (including phenoxy) is 1. The lowest BCUT2D eigenvalue weighted by Crippen LogP contribution is -2.41. The van der Waals surface area contributed by atoms with Gasteiger partial charge in [0.25, 0.3) is 0 Å². The van der Waals surface area contributed by atoms with E-state index in [1.54, 1.807) is 12.1 Å². The Morgan fingerprint density at radius 2 is 1.59 bits per heavy atom. The second-order valence-corrected chi connectivity index (χ2v) is 13.0.